The third-order valence-corrected chi connectivity index (χ3v) is 5.62. The van der Waals surface area contributed by atoms with Gasteiger partial charge in [0.1, 0.15) is 10.9 Å². The Morgan fingerprint density at radius 1 is 1.31 bits per heavy atom. The smallest absolute Gasteiger partial charge is 0.263 e. The summed E-state index contributed by atoms with van der Waals surface area (Å²) in [4.78, 5) is 12.4. The van der Waals surface area contributed by atoms with E-state index in [4.69, 9.17) is 21.7 Å². The minimum atomic E-state index is -0.172. The molecule has 0 spiro atoms. The van der Waals surface area contributed by atoms with Gasteiger partial charge in [0, 0.05) is 0 Å². The molecule has 26 heavy (non-hydrogen) atoms. The van der Waals surface area contributed by atoms with Crippen LogP contribution in [0.25, 0.3) is 6.08 Å². The lowest BCUT2D eigenvalue weighted by Crippen LogP contribution is -2.17. The van der Waals surface area contributed by atoms with Crippen molar-refractivity contribution in [3.63, 3.8) is 0 Å². The number of nitrogens with one attached hydrogen (secondary N) is 1. The molecule has 0 aromatic heterocycles. The van der Waals surface area contributed by atoms with Crippen molar-refractivity contribution in [3.05, 3.63) is 61.6 Å². The summed E-state index contributed by atoms with van der Waals surface area (Å²) in [7, 11) is 1.61. The van der Waals surface area contributed by atoms with Crippen LogP contribution < -0.4 is 14.8 Å². The number of amides is 1. The van der Waals surface area contributed by atoms with E-state index in [1.165, 1.54) is 17.3 Å². The Morgan fingerprint density at radius 3 is 2.77 bits per heavy atom. The number of rotatable bonds is 5. The van der Waals surface area contributed by atoms with Crippen molar-refractivity contribution in [2.45, 2.75) is 13.5 Å². The molecule has 1 fully saturated rings. The van der Waals surface area contributed by atoms with Crippen LogP contribution in [0.3, 0.4) is 0 Å². The molecule has 0 radical (unpaired) electrons. The summed E-state index contributed by atoms with van der Waals surface area (Å²) in [5.41, 5.74) is 3.15. The largest absolute Gasteiger partial charge is 0.493 e. The second-order valence-corrected chi connectivity index (χ2v) is 8.55. The quantitative estimate of drug-likeness (QED) is 0.370. The molecule has 1 N–H and O–H groups in total. The Bertz CT molecular complexity index is 912. The third kappa shape index (κ3) is 4.57. The zero-order valence-electron chi connectivity index (χ0n) is 14.2. The average molecular weight is 497 g/mol. The summed E-state index contributed by atoms with van der Waals surface area (Å²) in [6, 6.07) is 12.0. The number of aryl methyl sites for hydroxylation is 1. The maximum absolute atomic E-state index is 11.8. The van der Waals surface area contributed by atoms with Gasteiger partial charge in [-0.1, -0.05) is 53.8 Å². The van der Waals surface area contributed by atoms with E-state index in [9.17, 15) is 4.79 Å². The summed E-state index contributed by atoms with van der Waals surface area (Å²) in [5.74, 6) is 1.15. The van der Waals surface area contributed by atoms with Crippen LogP contribution in [0.15, 0.2) is 41.3 Å². The molecule has 0 atom stereocenters. The maximum atomic E-state index is 11.8. The van der Waals surface area contributed by atoms with Crippen molar-refractivity contribution < 1.29 is 14.3 Å². The highest BCUT2D eigenvalue weighted by molar-refractivity contribution is 14.1. The summed E-state index contributed by atoms with van der Waals surface area (Å²) in [5, 5.41) is 2.61. The minimum Gasteiger partial charge on any atom is -0.493 e. The molecule has 1 aliphatic rings. The lowest BCUT2D eigenvalue weighted by atomic mass is 10.1. The van der Waals surface area contributed by atoms with Crippen LogP contribution in [0, 0.1) is 10.5 Å². The lowest BCUT2D eigenvalue weighted by Gasteiger charge is -2.14. The molecule has 2 aromatic rings. The van der Waals surface area contributed by atoms with E-state index in [1.807, 2.05) is 24.3 Å². The van der Waals surface area contributed by atoms with Gasteiger partial charge in [-0.05, 0) is 58.9 Å². The number of carbonyl (C=O) groups excluding carboxylic acids is 1. The first kappa shape index (κ1) is 19.2. The molecule has 1 aliphatic heterocycles. The molecule has 1 saturated heterocycles. The number of thiocarbonyl (C=S) groups is 1. The predicted octanol–water partition coefficient (Wildman–Crippen LogP) is 4.68. The van der Waals surface area contributed by atoms with Crippen LogP contribution in [0.1, 0.15) is 16.7 Å². The zero-order valence-corrected chi connectivity index (χ0v) is 18.0. The van der Waals surface area contributed by atoms with Gasteiger partial charge in [0.25, 0.3) is 5.91 Å². The van der Waals surface area contributed by atoms with E-state index in [2.05, 4.69) is 47.0 Å². The number of hydrogen-bond donors (Lipinski definition) is 1. The molecule has 0 bridgehead atoms. The van der Waals surface area contributed by atoms with Crippen LogP contribution in [-0.2, 0) is 11.4 Å². The fourth-order valence-corrected chi connectivity index (χ4v) is 4.32. The summed E-state index contributed by atoms with van der Waals surface area (Å²) < 4.78 is 12.9. The van der Waals surface area contributed by atoms with Crippen LogP contribution in [0.4, 0.5) is 0 Å². The molecular weight excluding hydrogens is 481 g/mol. The number of thioether (sulfide) groups is 1. The Morgan fingerprint density at radius 2 is 2.12 bits per heavy atom. The monoisotopic (exact) mass is 497 g/mol. The van der Waals surface area contributed by atoms with Gasteiger partial charge in [-0.25, -0.2) is 0 Å². The lowest BCUT2D eigenvalue weighted by molar-refractivity contribution is -0.115. The van der Waals surface area contributed by atoms with Crippen LogP contribution in [-0.4, -0.2) is 17.3 Å². The van der Waals surface area contributed by atoms with Crippen molar-refractivity contribution in [1.29, 1.82) is 0 Å². The number of ether oxygens (including phenoxy) is 2. The first-order valence-corrected chi connectivity index (χ1v) is 10.1. The minimum absolute atomic E-state index is 0.172. The van der Waals surface area contributed by atoms with Crippen LogP contribution >= 0.6 is 46.6 Å². The first-order valence-electron chi connectivity index (χ1n) is 7.77. The van der Waals surface area contributed by atoms with E-state index in [1.54, 1.807) is 13.2 Å². The molecule has 0 unspecified atom stereocenters. The second-order valence-electron chi connectivity index (χ2n) is 5.66. The van der Waals surface area contributed by atoms with E-state index in [-0.39, 0.29) is 5.91 Å². The molecule has 2 aromatic carbocycles. The SMILES string of the molecule is COc1cc(C=C2SC(=S)NC2=O)cc(I)c1OCc1cccc(C)c1. The van der Waals surface area contributed by atoms with Gasteiger partial charge >= 0.3 is 0 Å². The van der Waals surface area contributed by atoms with Crippen molar-refractivity contribution in [2.75, 3.05) is 7.11 Å². The fraction of sp³-hybridized carbons (Fsp3) is 0.158. The van der Waals surface area contributed by atoms with Gasteiger partial charge in [-0.3, -0.25) is 4.79 Å². The van der Waals surface area contributed by atoms with E-state index >= 15 is 0 Å². The molecule has 1 heterocycles. The number of halogens is 1. The summed E-state index contributed by atoms with van der Waals surface area (Å²) in [6.45, 7) is 2.51. The molecule has 7 heteroatoms. The highest BCUT2D eigenvalue weighted by Gasteiger charge is 2.22. The van der Waals surface area contributed by atoms with E-state index in [0.29, 0.717) is 27.3 Å². The normalized spacial score (nSPS) is 15.3. The van der Waals surface area contributed by atoms with Crippen LogP contribution in [0.5, 0.6) is 11.5 Å². The van der Waals surface area contributed by atoms with Gasteiger partial charge in [-0.15, -0.1) is 0 Å². The Balaban J connectivity index is 1.84. The van der Waals surface area contributed by atoms with Gasteiger partial charge in [0.15, 0.2) is 11.5 Å². The van der Waals surface area contributed by atoms with Gasteiger partial charge in [-0.2, -0.15) is 0 Å². The molecule has 0 aliphatic carbocycles. The molecule has 4 nitrogen and oxygen atoms in total. The first-order chi connectivity index (χ1) is 12.5. The molecular formula is C19H16INO3S2. The molecule has 0 saturated carbocycles. The Kier molecular flexibility index (Phi) is 6.20. The zero-order chi connectivity index (χ0) is 18.7. The topological polar surface area (TPSA) is 47.6 Å². The number of benzene rings is 2. The van der Waals surface area contributed by atoms with Gasteiger partial charge in [0.05, 0.1) is 15.6 Å². The number of carbonyl (C=O) groups is 1. The highest BCUT2D eigenvalue weighted by atomic mass is 127. The van der Waals surface area contributed by atoms with Crippen molar-refractivity contribution in [3.8, 4) is 11.5 Å². The second kappa shape index (κ2) is 8.41. The standard InChI is InChI=1S/C19H16INO3S2/c1-11-4-3-5-12(6-11)10-24-17-14(20)7-13(8-15(17)23-2)9-16-18(22)21-19(25)26-16/h3-9H,10H2,1-2H3,(H,21,22,25). The molecule has 1 amide bonds. The van der Waals surface area contributed by atoms with Crippen molar-refractivity contribution >= 4 is 62.9 Å². The molecule has 134 valence electrons. The third-order valence-electron chi connectivity index (χ3n) is 3.66. The predicted molar refractivity (Wildman–Crippen MR) is 118 cm³/mol. The highest BCUT2D eigenvalue weighted by Crippen LogP contribution is 2.36. The van der Waals surface area contributed by atoms with E-state index < -0.39 is 0 Å². The average Bonchev–Trinajstić information content (AvgIpc) is 2.90. The van der Waals surface area contributed by atoms with E-state index in [0.717, 1.165) is 14.7 Å². The maximum Gasteiger partial charge on any atom is 0.263 e. The van der Waals surface area contributed by atoms with Gasteiger partial charge < -0.3 is 14.8 Å². The number of hydrogen-bond acceptors (Lipinski definition) is 5. The number of methoxy groups -OCH3 is 1. The van der Waals surface area contributed by atoms with Crippen LogP contribution in [0.2, 0.25) is 0 Å². The Labute approximate surface area is 175 Å². The fourth-order valence-electron chi connectivity index (χ4n) is 2.49. The van der Waals surface area contributed by atoms with Gasteiger partial charge in [0.2, 0.25) is 0 Å². The molecule has 3 rings (SSSR count). The summed E-state index contributed by atoms with van der Waals surface area (Å²) >= 11 is 8.49. The van der Waals surface area contributed by atoms with Crippen molar-refractivity contribution in [2.24, 2.45) is 0 Å². The summed E-state index contributed by atoms with van der Waals surface area (Å²) in [6.07, 6.45) is 1.80. The van der Waals surface area contributed by atoms with Crippen molar-refractivity contribution in [1.82, 2.24) is 5.32 Å². The Hall–Kier alpha value is -1.58.